The zero-order valence-electron chi connectivity index (χ0n) is 13.7. The van der Waals surface area contributed by atoms with Crippen molar-refractivity contribution in [1.82, 2.24) is 10.2 Å². The van der Waals surface area contributed by atoms with E-state index >= 15 is 0 Å². The van der Waals surface area contributed by atoms with Crippen molar-refractivity contribution < 1.29 is 14.0 Å². The molecule has 8 heteroatoms. The van der Waals surface area contributed by atoms with Crippen LogP contribution >= 0.6 is 0 Å². The lowest BCUT2D eigenvalue weighted by Gasteiger charge is -2.21. The van der Waals surface area contributed by atoms with Crippen LogP contribution in [0.25, 0.3) is 0 Å². The van der Waals surface area contributed by atoms with Gasteiger partial charge in [-0.2, -0.15) is 10.5 Å². The maximum absolute atomic E-state index is 13.4. The van der Waals surface area contributed by atoms with Crippen molar-refractivity contribution in [3.05, 3.63) is 0 Å². The topological polar surface area (TPSA) is 102 Å². The van der Waals surface area contributed by atoms with Gasteiger partial charge >= 0.3 is 0 Å². The molecule has 2 aliphatic rings. The first-order valence-corrected chi connectivity index (χ1v) is 8.15. The quantitative estimate of drug-likeness (QED) is 0.445. The Hall–Kier alpha value is -2.19. The maximum Gasteiger partial charge on any atom is 0.237 e. The molecule has 2 fully saturated rings. The van der Waals surface area contributed by atoms with E-state index in [0.717, 1.165) is 25.0 Å². The Bertz CT molecular complexity index is 568. The third-order valence-electron chi connectivity index (χ3n) is 4.62. The van der Waals surface area contributed by atoms with Crippen molar-refractivity contribution in [1.29, 1.82) is 10.5 Å². The number of amides is 1. The molecular formula is C16H22FN5O2. The molecule has 0 aromatic rings. The number of hydrogen-bond donors (Lipinski definition) is 1. The van der Waals surface area contributed by atoms with Gasteiger partial charge in [0.25, 0.3) is 0 Å². The summed E-state index contributed by atoms with van der Waals surface area (Å²) in [5.41, 5.74) is 0.852. The molecule has 130 valence electrons. The molecule has 0 radical (unpaired) electrons. The molecule has 2 rings (SSSR count). The standard InChI is InChI=1S/C16H22FN5O2/c1-11(21-24-5-4-18)12-2-3-14(6-12)20-9-16(23)22-10-13(17)7-15(22)8-19/h12-15,20H,2-3,5-7,9-10H2,1H3/b21-11+/t12-,13-,14+,15-/m0/s1. The molecule has 0 unspecified atom stereocenters. The number of halogens is 1. The van der Waals surface area contributed by atoms with Crippen LogP contribution in [0.1, 0.15) is 32.6 Å². The predicted molar refractivity (Wildman–Crippen MR) is 84.4 cm³/mol. The number of likely N-dealkylation sites (tertiary alicyclic amines) is 1. The summed E-state index contributed by atoms with van der Waals surface area (Å²) in [7, 11) is 0. The fraction of sp³-hybridized carbons (Fsp3) is 0.750. The lowest BCUT2D eigenvalue weighted by molar-refractivity contribution is -0.130. The Morgan fingerprint density at radius 1 is 1.42 bits per heavy atom. The number of oxime groups is 1. The van der Waals surface area contributed by atoms with E-state index in [-0.39, 0.29) is 44.0 Å². The van der Waals surface area contributed by atoms with Gasteiger partial charge in [0.15, 0.2) is 0 Å². The zero-order valence-corrected chi connectivity index (χ0v) is 13.7. The van der Waals surface area contributed by atoms with Crippen LogP contribution in [0.2, 0.25) is 0 Å². The Kier molecular flexibility index (Phi) is 6.51. The molecule has 1 saturated carbocycles. The minimum Gasteiger partial charge on any atom is -0.381 e. The number of carbonyl (C=O) groups is 1. The monoisotopic (exact) mass is 335 g/mol. The number of hydrogen-bond acceptors (Lipinski definition) is 6. The molecule has 1 amide bonds. The highest BCUT2D eigenvalue weighted by molar-refractivity contribution is 5.84. The summed E-state index contributed by atoms with van der Waals surface area (Å²) >= 11 is 0. The van der Waals surface area contributed by atoms with Crippen LogP contribution in [0.5, 0.6) is 0 Å². The summed E-state index contributed by atoms with van der Waals surface area (Å²) in [6.45, 7) is 1.93. The molecular weight excluding hydrogens is 313 g/mol. The number of rotatable bonds is 6. The molecule has 24 heavy (non-hydrogen) atoms. The van der Waals surface area contributed by atoms with Crippen molar-refractivity contribution in [2.75, 3.05) is 19.7 Å². The fourth-order valence-corrected chi connectivity index (χ4v) is 3.30. The highest BCUT2D eigenvalue weighted by atomic mass is 19.1. The fourth-order valence-electron chi connectivity index (χ4n) is 3.30. The van der Waals surface area contributed by atoms with Gasteiger partial charge in [-0.05, 0) is 26.2 Å². The zero-order chi connectivity index (χ0) is 17.5. The molecule has 1 aliphatic carbocycles. The van der Waals surface area contributed by atoms with Crippen molar-refractivity contribution >= 4 is 11.6 Å². The minimum atomic E-state index is -1.11. The molecule has 1 N–H and O–H groups in total. The summed E-state index contributed by atoms with van der Waals surface area (Å²) in [4.78, 5) is 18.4. The van der Waals surface area contributed by atoms with Crippen molar-refractivity contribution in [2.24, 2.45) is 11.1 Å². The van der Waals surface area contributed by atoms with E-state index in [1.807, 2.05) is 19.1 Å². The number of carbonyl (C=O) groups excluding carboxylic acids is 1. The van der Waals surface area contributed by atoms with Crippen LogP contribution in [0.3, 0.4) is 0 Å². The van der Waals surface area contributed by atoms with Crippen LogP contribution < -0.4 is 5.32 Å². The van der Waals surface area contributed by atoms with Gasteiger partial charge in [0, 0.05) is 18.4 Å². The molecule has 4 atom stereocenters. The van der Waals surface area contributed by atoms with E-state index in [1.165, 1.54) is 4.90 Å². The van der Waals surface area contributed by atoms with Crippen LogP contribution in [-0.2, 0) is 9.63 Å². The van der Waals surface area contributed by atoms with E-state index in [9.17, 15) is 9.18 Å². The van der Waals surface area contributed by atoms with Gasteiger partial charge in [0.05, 0.1) is 24.9 Å². The summed E-state index contributed by atoms with van der Waals surface area (Å²) in [5.74, 6) is 0.0399. The summed E-state index contributed by atoms with van der Waals surface area (Å²) in [6, 6.07) is 3.37. The molecule has 1 heterocycles. The van der Waals surface area contributed by atoms with Crippen LogP contribution in [0.4, 0.5) is 4.39 Å². The summed E-state index contributed by atoms with van der Waals surface area (Å²) < 4.78 is 13.4. The second-order valence-corrected chi connectivity index (χ2v) is 6.28. The largest absolute Gasteiger partial charge is 0.381 e. The van der Waals surface area contributed by atoms with E-state index < -0.39 is 12.2 Å². The number of nitrogens with one attached hydrogen (secondary N) is 1. The highest BCUT2D eigenvalue weighted by Crippen LogP contribution is 2.27. The number of nitriles is 2. The molecule has 0 bridgehead atoms. The lowest BCUT2D eigenvalue weighted by atomic mass is 10.0. The Balaban J connectivity index is 1.76. The van der Waals surface area contributed by atoms with E-state index in [4.69, 9.17) is 15.4 Å². The van der Waals surface area contributed by atoms with Gasteiger partial charge in [-0.15, -0.1) is 0 Å². The smallest absolute Gasteiger partial charge is 0.237 e. The third kappa shape index (κ3) is 4.65. The van der Waals surface area contributed by atoms with Gasteiger partial charge in [0.1, 0.15) is 18.3 Å². The minimum absolute atomic E-state index is 0.00797. The second kappa shape index (κ2) is 8.60. The first kappa shape index (κ1) is 18.2. The van der Waals surface area contributed by atoms with Gasteiger partial charge in [0.2, 0.25) is 12.5 Å². The van der Waals surface area contributed by atoms with Gasteiger partial charge in [-0.3, -0.25) is 4.79 Å². The Morgan fingerprint density at radius 2 is 2.21 bits per heavy atom. The predicted octanol–water partition coefficient (Wildman–Crippen LogP) is 1.12. The van der Waals surface area contributed by atoms with Crippen LogP contribution in [-0.4, -0.2) is 54.5 Å². The highest BCUT2D eigenvalue weighted by Gasteiger charge is 2.35. The van der Waals surface area contributed by atoms with Crippen LogP contribution in [0.15, 0.2) is 5.16 Å². The number of alkyl halides is 1. The first-order chi connectivity index (χ1) is 11.5. The summed E-state index contributed by atoms with van der Waals surface area (Å²) in [5, 5.41) is 24.5. The molecule has 1 aliphatic heterocycles. The van der Waals surface area contributed by atoms with E-state index in [0.29, 0.717) is 0 Å². The van der Waals surface area contributed by atoms with Crippen molar-refractivity contribution in [2.45, 2.75) is 50.9 Å². The SMILES string of the molecule is C/C(=N\OCC#N)[C@H]1CC[C@@H](NCC(=O)N2C[C@@H](F)C[C@H]2C#N)C1. The first-order valence-electron chi connectivity index (χ1n) is 8.15. The van der Waals surface area contributed by atoms with Gasteiger partial charge in [-0.25, -0.2) is 4.39 Å². The average Bonchev–Trinajstić information content (AvgIpc) is 3.19. The lowest BCUT2D eigenvalue weighted by Crippen LogP contribution is -2.43. The second-order valence-electron chi connectivity index (χ2n) is 6.28. The number of nitrogens with zero attached hydrogens (tertiary/aromatic N) is 4. The molecule has 7 nitrogen and oxygen atoms in total. The van der Waals surface area contributed by atoms with E-state index in [1.54, 1.807) is 0 Å². The maximum atomic E-state index is 13.4. The Morgan fingerprint density at radius 3 is 2.92 bits per heavy atom. The molecule has 0 aromatic heterocycles. The van der Waals surface area contributed by atoms with Crippen LogP contribution in [0, 0.1) is 28.6 Å². The third-order valence-corrected chi connectivity index (χ3v) is 4.62. The van der Waals surface area contributed by atoms with Gasteiger partial charge < -0.3 is 15.1 Å². The van der Waals surface area contributed by atoms with Gasteiger partial charge in [-0.1, -0.05) is 5.16 Å². The Labute approximate surface area is 141 Å². The van der Waals surface area contributed by atoms with Crippen molar-refractivity contribution in [3.63, 3.8) is 0 Å². The van der Waals surface area contributed by atoms with E-state index in [2.05, 4.69) is 10.5 Å². The normalized spacial score (nSPS) is 30.0. The summed E-state index contributed by atoms with van der Waals surface area (Å²) in [6.07, 6.45) is 1.68. The molecule has 1 saturated heterocycles. The molecule has 0 spiro atoms. The van der Waals surface area contributed by atoms with Crippen molar-refractivity contribution in [3.8, 4) is 12.1 Å². The molecule has 0 aromatic carbocycles. The average molecular weight is 335 g/mol.